The molecule has 3 N–H and O–H groups in total. The van der Waals surface area contributed by atoms with Crippen molar-refractivity contribution in [2.24, 2.45) is 11.1 Å². The van der Waals surface area contributed by atoms with Gasteiger partial charge in [0.05, 0.1) is 0 Å². The molecule has 2 nitrogen and oxygen atoms in total. The van der Waals surface area contributed by atoms with Crippen LogP contribution in [0.5, 0.6) is 0 Å². The molecule has 1 aliphatic rings. The number of allylic oxidation sites excluding steroid dienone is 3. The number of rotatable bonds is 1. The molecule has 1 aliphatic carbocycles. The maximum Gasteiger partial charge on any atom is 0.101 e. The highest BCUT2D eigenvalue weighted by molar-refractivity contribution is 5.85. The summed E-state index contributed by atoms with van der Waals surface area (Å²) in [6.45, 7) is 4.01. The molecule has 0 bridgehead atoms. The second kappa shape index (κ2) is 2.53. The first kappa shape index (κ1) is 8.05. The Morgan fingerprint density at radius 1 is 1.73 bits per heavy atom. The van der Waals surface area contributed by atoms with Crippen molar-refractivity contribution in [3.05, 3.63) is 23.8 Å². The van der Waals surface area contributed by atoms with Crippen molar-refractivity contribution in [2.45, 2.75) is 20.3 Å². The summed E-state index contributed by atoms with van der Waals surface area (Å²) in [6.07, 6.45) is 7.02. The molecule has 0 aromatic rings. The Morgan fingerprint density at radius 2 is 2.36 bits per heavy atom. The Balaban J connectivity index is 2.92. The average Bonchev–Trinajstić information content (AvgIpc) is 1.86. The van der Waals surface area contributed by atoms with Gasteiger partial charge in [-0.15, -0.1) is 0 Å². The van der Waals surface area contributed by atoms with Crippen molar-refractivity contribution in [2.75, 3.05) is 0 Å². The van der Waals surface area contributed by atoms with Gasteiger partial charge in [0, 0.05) is 5.41 Å². The van der Waals surface area contributed by atoms with Crippen LogP contribution in [0.2, 0.25) is 0 Å². The zero-order chi connectivity index (χ0) is 8.48. The van der Waals surface area contributed by atoms with E-state index in [1.54, 1.807) is 0 Å². The van der Waals surface area contributed by atoms with E-state index in [-0.39, 0.29) is 11.3 Å². The van der Waals surface area contributed by atoms with E-state index in [1.165, 1.54) is 5.57 Å². The maximum atomic E-state index is 7.37. The van der Waals surface area contributed by atoms with Gasteiger partial charge in [0.25, 0.3) is 0 Å². The number of hydrogen-bond donors (Lipinski definition) is 2. The summed E-state index contributed by atoms with van der Waals surface area (Å²) in [5, 5.41) is 7.37. The summed E-state index contributed by atoms with van der Waals surface area (Å²) in [7, 11) is 0. The highest BCUT2D eigenvalue weighted by Gasteiger charge is 2.25. The highest BCUT2D eigenvalue weighted by Crippen LogP contribution is 2.28. The lowest BCUT2D eigenvalue weighted by Gasteiger charge is -2.26. The maximum absolute atomic E-state index is 7.37. The minimum atomic E-state index is -0.237. The number of nitrogens with two attached hydrogens (primary N) is 1. The standard InChI is InChI=1S/C9H14N2/c1-7-4-3-5-9(2,6-7)8(10)11/h3-4,6H,5H2,1-2H3,(H3,10,11). The van der Waals surface area contributed by atoms with Crippen LogP contribution in [-0.4, -0.2) is 5.84 Å². The van der Waals surface area contributed by atoms with Crippen LogP contribution >= 0.6 is 0 Å². The van der Waals surface area contributed by atoms with Crippen LogP contribution in [0.3, 0.4) is 0 Å². The molecule has 0 aromatic carbocycles. The third kappa shape index (κ3) is 1.50. The number of amidine groups is 1. The molecule has 0 saturated heterocycles. The second-order valence-electron chi connectivity index (χ2n) is 3.33. The van der Waals surface area contributed by atoms with Gasteiger partial charge in [-0.25, -0.2) is 0 Å². The molecular formula is C9H14N2. The summed E-state index contributed by atoms with van der Waals surface area (Å²) in [6, 6.07) is 0. The third-order valence-corrected chi connectivity index (χ3v) is 2.08. The zero-order valence-electron chi connectivity index (χ0n) is 7.02. The SMILES string of the molecule is CC1=CC(C)(C(=N)N)CC=C1. The molecule has 1 rings (SSSR count). The van der Waals surface area contributed by atoms with E-state index in [2.05, 4.69) is 18.2 Å². The van der Waals surface area contributed by atoms with Crippen LogP contribution < -0.4 is 5.73 Å². The van der Waals surface area contributed by atoms with Crippen molar-refractivity contribution in [1.29, 1.82) is 5.41 Å². The van der Waals surface area contributed by atoms with Gasteiger partial charge in [0.15, 0.2) is 0 Å². The molecule has 1 atom stereocenters. The Kier molecular flexibility index (Phi) is 1.85. The summed E-state index contributed by atoms with van der Waals surface area (Å²) in [4.78, 5) is 0. The molecule has 0 fully saturated rings. The topological polar surface area (TPSA) is 49.9 Å². The molecule has 0 aromatic heterocycles. The summed E-state index contributed by atoms with van der Waals surface area (Å²) in [5.74, 6) is 0.251. The minimum Gasteiger partial charge on any atom is -0.387 e. The Hall–Kier alpha value is -1.05. The van der Waals surface area contributed by atoms with E-state index in [9.17, 15) is 0 Å². The van der Waals surface area contributed by atoms with Gasteiger partial charge in [0.1, 0.15) is 5.84 Å². The molecule has 0 aliphatic heterocycles. The Bertz CT molecular complexity index is 238. The molecule has 0 radical (unpaired) electrons. The predicted octanol–water partition coefficient (Wildman–Crippen LogP) is 1.83. The highest BCUT2D eigenvalue weighted by atomic mass is 14.7. The lowest BCUT2D eigenvalue weighted by Crippen LogP contribution is -2.32. The van der Waals surface area contributed by atoms with E-state index in [4.69, 9.17) is 11.1 Å². The van der Waals surface area contributed by atoms with Crippen molar-refractivity contribution >= 4 is 5.84 Å². The second-order valence-corrected chi connectivity index (χ2v) is 3.33. The van der Waals surface area contributed by atoms with Crippen LogP contribution in [0, 0.1) is 10.8 Å². The predicted molar refractivity (Wildman–Crippen MR) is 47.5 cm³/mol. The van der Waals surface area contributed by atoms with E-state index in [1.807, 2.05) is 13.8 Å². The molecule has 2 heteroatoms. The van der Waals surface area contributed by atoms with Gasteiger partial charge < -0.3 is 5.73 Å². The fourth-order valence-electron chi connectivity index (χ4n) is 1.29. The van der Waals surface area contributed by atoms with Gasteiger partial charge in [-0.3, -0.25) is 5.41 Å². The van der Waals surface area contributed by atoms with Crippen LogP contribution in [0.4, 0.5) is 0 Å². The van der Waals surface area contributed by atoms with E-state index >= 15 is 0 Å². The van der Waals surface area contributed by atoms with Crippen LogP contribution in [0.15, 0.2) is 23.8 Å². The van der Waals surface area contributed by atoms with E-state index in [0.717, 1.165) is 6.42 Å². The summed E-state index contributed by atoms with van der Waals surface area (Å²) < 4.78 is 0. The summed E-state index contributed by atoms with van der Waals surface area (Å²) >= 11 is 0. The largest absolute Gasteiger partial charge is 0.387 e. The first-order chi connectivity index (χ1) is 5.04. The fraction of sp³-hybridized carbons (Fsp3) is 0.444. The Labute approximate surface area is 67.3 Å². The monoisotopic (exact) mass is 150 g/mol. The Morgan fingerprint density at radius 3 is 2.73 bits per heavy atom. The molecule has 0 amide bonds. The van der Waals surface area contributed by atoms with Crippen molar-refractivity contribution in [1.82, 2.24) is 0 Å². The lowest BCUT2D eigenvalue weighted by molar-refractivity contribution is 0.586. The third-order valence-electron chi connectivity index (χ3n) is 2.08. The minimum absolute atomic E-state index is 0.237. The molecule has 1 unspecified atom stereocenters. The van der Waals surface area contributed by atoms with Gasteiger partial charge in [-0.2, -0.15) is 0 Å². The van der Waals surface area contributed by atoms with Crippen molar-refractivity contribution < 1.29 is 0 Å². The first-order valence-corrected chi connectivity index (χ1v) is 3.75. The normalized spacial score (nSPS) is 29.8. The summed E-state index contributed by atoms with van der Waals surface area (Å²) in [5.41, 5.74) is 6.42. The average molecular weight is 150 g/mol. The lowest BCUT2D eigenvalue weighted by atomic mass is 9.81. The smallest absolute Gasteiger partial charge is 0.101 e. The molecule has 0 heterocycles. The van der Waals surface area contributed by atoms with Gasteiger partial charge in [-0.1, -0.05) is 23.8 Å². The van der Waals surface area contributed by atoms with Crippen LogP contribution in [-0.2, 0) is 0 Å². The van der Waals surface area contributed by atoms with Gasteiger partial charge in [0.2, 0.25) is 0 Å². The molecule has 0 spiro atoms. The molecule has 60 valence electrons. The molecular weight excluding hydrogens is 136 g/mol. The van der Waals surface area contributed by atoms with Gasteiger partial charge >= 0.3 is 0 Å². The quantitative estimate of drug-likeness (QED) is 0.435. The van der Waals surface area contributed by atoms with Gasteiger partial charge in [-0.05, 0) is 20.3 Å². The molecule has 0 saturated carbocycles. The van der Waals surface area contributed by atoms with Crippen molar-refractivity contribution in [3.63, 3.8) is 0 Å². The molecule has 11 heavy (non-hydrogen) atoms. The number of hydrogen-bond acceptors (Lipinski definition) is 1. The van der Waals surface area contributed by atoms with Crippen LogP contribution in [0.1, 0.15) is 20.3 Å². The first-order valence-electron chi connectivity index (χ1n) is 3.75. The fourth-order valence-corrected chi connectivity index (χ4v) is 1.29. The van der Waals surface area contributed by atoms with Crippen molar-refractivity contribution in [3.8, 4) is 0 Å². The van der Waals surface area contributed by atoms with Crippen LogP contribution in [0.25, 0.3) is 0 Å². The number of nitrogens with one attached hydrogen (secondary N) is 1. The van der Waals surface area contributed by atoms with E-state index < -0.39 is 0 Å². The zero-order valence-corrected chi connectivity index (χ0v) is 7.02. The van der Waals surface area contributed by atoms with E-state index in [0.29, 0.717) is 0 Å².